The lowest BCUT2D eigenvalue weighted by Gasteiger charge is -2.34. The normalized spacial score (nSPS) is 25.6. The molecule has 2 aliphatic heterocycles. The number of carbonyl (C=O) groups excluding carboxylic acids is 1. The topological polar surface area (TPSA) is 50.4 Å². The number of fused-ring (bicyclic) bond motifs is 1. The quantitative estimate of drug-likeness (QED) is 0.677. The number of carbonyl (C=O) groups is 1. The summed E-state index contributed by atoms with van der Waals surface area (Å²) in [5.41, 5.74) is 3.50. The molecular weight excluding hydrogens is 216 g/mol. The molecule has 1 amide bonds. The smallest absolute Gasteiger partial charge is 0.248 e. The standard InChI is InChI=1S/C7H8N2O2.C6H10/c1-2-4-3-8-7(10)5-6(4)11-9-5;1-2-4-6-5-3-1/h2,5,9H,1,3H2,(H,8,10);1-2H,3-6H2. The van der Waals surface area contributed by atoms with Gasteiger partial charge in [-0.1, -0.05) is 24.8 Å². The Morgan fingerprint density at radius 2 is 2.06 bits per heavy atom. The molecule has 4 heteroatoms. The first-order chi connectivity index (χ1) is 8.33. The highest BCUT2D eigenvalue weighted by atomic mass is 16.7. The summed E-state index contributed by atoms with van der Waals surface area (Å²) < 4.78 is 0. The second-order valence-corrected chi connectivity index (χ2v) is 4.22. The summed E-state index contributed by atoms with van der Waals surface area (Å²) in [7, 11) is 0. The minimum absolute atomic E-state index is 0.0307. The van der Waals surface area contributed by atoms with Crippen LogP contribution >= 0.6 is 0 Å². The first-order valence-electron chi connectivity index (χ1n) is 6.03. The van der Waals surface area contributed by atoms with Gasteiger partial charge in [-0.15, -0.1) is 5.48 Å². The van der Waals surface area contributed by atoms with Gasteiger partial charge in [0.2, 0.25) is 5.91 Å². The molecule has 17 heavy (non-hydrogen) atoms. The van der Waals surface area contributed by atoms with Gasteiger partial charge in [-0.25, -0.2) is 0 Å². The molecule has 4 nitrogen and oxygen atoms in total. The highest BCUT2D eigenvalue weighted by Gasteiger charge is 2.38. The van der Waals surface area contributed by atoms with Crippen LogP contribution in [0.2, 0.25) is 0 Å². The van der Waals surface area contributed by atoms with Crippen molar-refractivity contribution in [1.82, 2.24) is 10.8 Å². The molecular formula is C13H18N2O2. The summed E-state index contributed by atoms with van der Waals surface area (Å²) in [5, 5.41) is 2.70. The molecule has 1 aliphatic carbocycles. The molecule has 0 bridgehead atoms. The molecule has 0 saturated carbocycles. The second-order valence-electron chi connectivity index (χ2n) is 4.22. The van der Waals surface area contributed by atoms with Gasteiger partial charge in [0.25, 0.3) is 0 Å². The van der Waals surface area contributed by atoms with Gasteiger partial charge in [-0.3, -0.25) is 4.79 Å². The maximum atomic E-state index is 11.0. The van der Waals surface area contributed by atoms with Crippen LogP contribution in [0.3, 0.4) is 0 Å². The van der Waals surface area contributed by atoms with E-state index in [1.54, 1.807) is 6.08 Å². The number of allylic oxidation sites excluding steroid dienone is 2. The van der Waals surface area contributed by atoms with E-state index in [0.717, 1.165) is 5.57 Å². The van der Waals surface area contributed by atoms with Gasteiger partial charge in [0.05, 0.1) is 0 Å². The van der Waals surface area contributed by atoms with E-state index >= 15 is 0 Å². The third-order valence-electron chi connectivity index (χ3n) is 2.99. The van der Waals surface area contributed by atoms with Gasteiger partial charge in [0, 0.05) is 12.1 Å². The highest BCUT2D eigenvalue weighted by molar-refractivity contribution is 5.87. The van der Waals surface area contributed by atoms with Gasteiger partial charge >= 0.3 is 0 Å². The molecule has 0 aromatic carbocycles. The van der Waals surface area contributed by atoms with Crippen molar-refractivity contribution in [3.63, 3.8) is 0 Å². The molecule has 1 fully saturated rings. The van der Waals surface area contributed by atoms with Crippen LogP contribution in [0.25, 0.3) is 0 Å². The minimum atomic E-state index is -0.281. The van der Waals surface area contributed by atoms with Crippen molar-refractivity contribution in [3.8, 4) is 0 Å². The predicted octanol–water partition coefficient (Wildman–Crippen LogP) is 1.58. The Morgan fingerprint density at radius 3 is 2.47 bits per heavy atom. The third kappa shape index (κ3) is 2.77. The van der Waals surface area contributed by atoms with Crippen molar-refractivity contribution >= 4 is 5.91 Å². The summed E-state index contributed by atoms with van der Waals surface area (Å²) in [5.74, 6) is 0.681. The Balaban J connectivity index is 0.000000153. The Morgan fingerprint density at radius 1 is 1.35 bits per heavy atom. The number of nitrogens with one attached hydrogen (secondary N) is 2. The maximum Gasteiger partial charge on any atom is 0.248 e. The number of rotatable bonds is 1. The van der Waals surface area contributed by atoms with Gasteiger partial charge in [-0.05, 0) is 25.7 Å². The molecule has 3 rings (SSSR count). The average Bonchev–Trinajstić information content (AvgIpc) is 2.34. The van der Waals surface area contributed by atoms with E-state index in [0.29, 0.717) is 12.3 Å². The Labute approximate surface area is 101 Å². The largest absolute Gasteiger partial charge is 0.409 e. The van der Waals surface area contributed by atoms with Crippen molar-refractivity contribution in [2.24, 2.45) is 0 Å². The van der Waals surface area contributed by atoms with Crippen molar-refractivity contribution in [1.29, 1.82) is 0 Å². The lowest BCUT2D eigenvalue weighted by molar-refractivity contribution is -0.136. The van der Waals surface area contributed by atoms with Gasteiger partial charge in [0.1, 0.15) is 0 Å². The van der Waals surface area contributed by atoms with Crippen molar-refractivity contribution in [3.05, 3.63) is 36.1 Å². The van der Waals surface area contributed by atoms with Gasteiger partial charge in [-0.2, -0.15) is 0 Å². The predicted molar refractivity (Wildman–Crippen MR) is 65.8 cm³/mol. The fourth-order valence-electron chi connectivity index (χ4n) is 1.90. The second kappa shape index (κ2) is 5.68. The summed E-state index contributed by atoms with van der Waals surface area (Å²) >= 11 is 0. The van der Waals surface area contributed by atoms with E-state index in [9.17, 15) is 4.79 Å². The van der Waals surface area contributed by atoms with Crippen LogP contribution in [-0.4, -0.2) is 18.5 Å². The molecule has 0 spiro atoms. The molecule has 2 N–H and O–H groups in total. The molecule has 0 aromatic rings. The van der Waals surface area contributed by atoms with Gasteiger partial charge in [0.15, 0.2) is 11.8 Å². The Hall–Kier alpha value is -1.55. The van der Waals surface area contributed by atoms with Crippen molar-refractivity contribution in [2.45, 2.75) is 31.7 Å². The third-order valence-corrected chi connectivity index (χ3v) is 2.99. The number of hydrogen-bond donors (Lipinski definition) is 2. The molecule has 3 aliphatic rings. The van der Waals surface area contributed by atoms with E-state index in [2.05, 4.69) is 29.5 Å². The lowest BCUT2D eigenvalue weighted by atomic mass is 10.0. The molecule has 92 valence electrons. The van der Waals surface area contributed by atoms with Crippen LogP contribution in [0.1, 0.15) is 25.7 Å². The van der Waals surface area contributed by atoms with Crippen LogP contribution in [0.4, 0.5) is 0 Å². The highest BCUT2D eigenvalue weighted by Crippen LogP contribution is 2.22. The molecule has 2 heterocycles. The fraction of sp³-hybridized carbons (Fsp3) is 0.462. The van der Waals surface area contributed by atoms with E-state index < -0.39 is 0 Å². The van der Waals surface area contributed by atoms with E-state index in [-0.39, 0.29) is 11.9 Å². The molecule has 0 radical (unpaired) electrons. The summed E-state index contributed by atoms with van der Waals surface area (Å²) in [6.07, 6.45) is 11.7. The summed E-state index contributed by atoms with van der Waals surface area (Å²) in [4.78, 5) is 15.9. The molecule has 1 unspecified atom stereocenters. The van der Waals surface area contributed by atoms with Crippen LogP contribution in [0.5, 0.6) is 0 Å². The first kappa shape index (κ1) is 11.9. The van der Waals surface area contributed by atoms with Crippen LogP contribution in [-0.2, 0) is 9.63 Å². The van der Waals surface area contributed by atoms with E-state index in [1.807, 2.05) is 0 Å². The summed E-state index contributed by atoms with van der Waals surface area (Å²) in [6.45, 7) is 4.13. The average molecular weight is 234 g/mol. The van der Waals surface area contributed by atoms with Crippen LogP contribution in [0.15, 0.2) is 36.1 Å². The lowest BCUT2D eigenvalue weighted by Crippen LogP contribution is -2.57. The zero-order valence-electron chi connectivity index (χ0n) is 9.87. The monoisotopic (exact) mass is 234 g/mol. The zero-order chi connectivity index (χ0) is 12.1. The van der Waals surface area contributed by atoms with Crippen molar-refractivity contribution in [2.75, 3.05) is 6.54 Å². The van der Waals surface area contributed by atoms with Crippen molar-refractivity contribution < 1.29 is 9.63 Å². The SMILES string of the molecule is C1=CCCCC1.C=CC1=C2ONC2C(=O)NC1. The van der Waals surface area contributed by atoms with Crippen LogP contribution in [0, 0.1) is 0 Å². The van der Waals surface area contributed by atoms with E-state index in [1.165, 1.54) is 25.7 Å². The number of hydroxylamine groups is 1. The Bertz CT molecular complexity index is 364. The minimum Gasteiger partial charge on any atom is -0.409 e. The number of hydrogen-bond acceptors (Lipinski definition) is 3. The maximum absolute atomic E-state index is 11.0. The molecule has 0 aromatic heterocycles. The number of amides is 1. The Kier molecular flexibility index (Phi) is 3.98. The molecule has 1 saturated heterocycles. The fourth-order valence-corrected chi connectivity index (χ4v) is 1.90. The summed E-state index contributed by atoms with van der Waals surface area (Å²) in [6, 6.07) is -0.281. The van der Waals surface area contributed by atoms with E-state index in [4.69, 9.17) is 4.84 Å². The van der Waals surface area contributed by atoms with Gasteiger partial charge < -0.3 is 10.2 Å². The first-order valence-corrected chi connectivity index (χ1v) is 6.03. The zero-order valence-corrected chi connectivity index (χ0v) is 9.87. The van der Waals surface area contributed by atoms with Crippen LogP contribution < -0.4 is 10.8 Å². The molecule has 1 atom stereocenters.